The maximum Gasteiger partial charge on any atom is 0.264 e. The van der Waals surface area contributed by atoms with Gasteiger partial charge in [0, 0.05) is 13.5 Å². The predicted molar refractivity (Wildman–Crippen MR) is 102 cm³/mol. The van der Waals surface area contributed by atoms with E-state index in [1.807, 2.05) is 67.7 Å². The van der Waals surface area contributed by atoms with Crippen LogP contribution in [0.4, 0.5) is 0 Å². The number of ether oxygens (including phenoxy) is 1. The normalized spacial score (nSPS) is 15.4. The van der Waals surface area contributed by atoms with Crippen molar-refractivity contribution in [2.45, 2.75) is 18.6 Å². The Morgan fingerprint density at radius 1 is 0.885 bits per heavy atom. The minimum atomic E-state index is -0.465. The van der Waals surface area contributed by atoms with Crippen LogP contribution < -0.4 is 4.74 Å². The van der Waals surface area contributed by atoms with Gasteiger partial charge < -0.3 is 9.64 Å². The smallest absolute Gasteiger partial charge is 0.264 e. The molecule has 3 aromatic carbocycles. The number of nitrogens with zero attached hydrogens (tertiary/aromatic N) is 1. The Kier molecular flexibility index (Phi) is 4.44. The van der Waals surface area contributed by atoms with Crippen LogP contribution in [0.2, 0.25) is 0 Å². The monoisotopic (exact) mass is 343 g/mol. The third-order valence-corrected chi connectivity index (χ3v) is 4.89. The third kappa shape index (κ3) is 3.08. The molecule has 1 heterocycles. The lowest BCUT2D eigenvalue weighted by Crippen LogP contribution is -2.41. The Hall–Kier alpha value is -3.07. The summed E-state index contributed by atoms with van der Waals surface area (Å²) in [6.07, 6.45) is 0.155. The van der Waals surface area contributed by atoms with Gasteiger partial charge >= 0.3 is 0 Å². The molecule has 0 saturated heterocycles. The molecule has 0 spiro atoms. The van der Waals surface area contributed by atoms with Gasteiger partial charge in [-0.2, -0.15) is 0 Å². The van der Waals surface area contributed by atoms with E-state index in [9.17, 15) is 4.79 Å². The van der Waals surface area contributed by atoms with Gasteiger partial charge in [-0.1, -0.05) is 78.9 Å². The predicted octanol–water partition coefficient (Wildman–Crippen LogP) is 4.24. The number of likely N-dealkylation sites (N-methyl/N-ethyl adjacent to an activating group) is 1. The van der Waals surface area contributed by atoms with Crippen molar-refractivity contribution in [3.8, 4) is 5.75 Å². The zero-order valence-corrected chi connectivity index (χ0v) is 14.7. The lowest BCUT2D eigenvalue weighted by molar-refractivity contribution is -0.138. The van der Waals surface area contributed by atoms with Crippen LogP contribution in [0, 0.1) is 0 Å². The first-order valence-electron chi connectivity index (χ1n) is 8.85. The van der Waals surface area contributed by atoms with Crippen LogP contribution in [0.3, 0.4) is 0 Å². The summed E-state index contributed by atoms with van der Waals surface area (Å²) >= 11 is 0. The summed E-state index contributed by atoms with van der Waals surface area (Å²) in [6.45, 7) is 0. The molecule has 0 bridgehead atoms. The van der Waals surface area contributed by atoms with Crippen LogP contribution in [0.25, 0.3) is 0 Å². The van der Waals surface area contributed by atoms with E-state index < -0.39 is 6.10 Å². The molecule has 0 fully saturated rings. The lowest BCUT2D eigenvalue weighted by Gasteiger charge is -2.31. The highest BCUT2D eigenvalue weighted by atomic mass is 16.5. The van der Waals surface area contributed by atoms with Gasteiger partial charge in [-0.3, -0.25) is 4.79 Å². The molecule has 1 atom stereocenters. The van der Waals surface area contributed by atoms with Gasteiger partial charge in [-0.25, -0.2) is 0 Å². The molecule has 3 heteroatoms. The quantitative estimate of drug-likeness (QED) is 0.709. The molecule has 0 radical (unpaired) electrons. The van der Waals surface area contributed by atoms with Crippen molar-refractivity contribution in [3.05, 3.63) is 102 Å². The van der Waals surface area contributed by atoms with Crippen LogP contribution >= 0.6 is 0 Å². The van der Waals surface area contributed by atoms with E-state index in [1.54, 1.807) is 4.90 Å². The van der Waals surface area contributed by atoms with Gasteiger partial charge in [0.25, 0.3) is 5.91 Å². The maximum atomic E-state index is 13.2. The van der Waals surface area contributed by atoms with E-state index in [-0.39, 0.29) is 11.9 Å². The van der Waals surface area contributed by atoms with E-state index in [0.29, 0.717) is 6.42 Å². The molecule has 0 N–H and O–H groups in total. The summed E-state index contributed by atoms with van der Waals surface area (Å²) in [5.74, 6) is 0.814. The second-order valence-electron chi connectivity index (χ2n) is 6.59. The molecule has 1 aliphatic heterocycles. The van der Waals surface area contributed by atoms with E-state index in [1.165, 1.54) is 0 Å². The summed E-state index contributed by atoms with van der Waals surface area (Å²) in [7, 11) is 1.86. The number of carbonyl (C=O) groups is 1. The van der Waals surface area contributed by atoms with Gasteiger partial charge in [0.1, 0.15) is 5.75 Å². The summed E-state index contributed by atoms with van der Waals surface area (Å²) in [5.41, 5.74) is 3.27. The molecule has 0 aliphatic carbocycles. The summed E-state index contributed by atoms with van der Waals surface area (Å²) in [5, 5.41) is 0. The van der Waals surface area contributed by atoms with Gasteiger partial charge in [0.2, 0.25) is 0 Å². The first kappa shape index (κ1) is 16.4. The van der Waals surface area contributed by atoms with Crippen LogP contribution in [-0.4, -0.2) is 24.0 Å². The SMILES string of the molecule is CN(C(=O)[C@@H]1Cc2ccccc2O1)C(c1ccccc1)c1ccccc1. The fourth-order valence-electron chi connectivity index (χ4n) is 3.58. The molecule has 1 aliphatic rings. The van der Waals surface area contributed by atoms with Crippen LogP contribution in [0.15, 0.2) is 84.9 Å². The summed E-state index contributed by atoms with van der Waals surface area (Å²) in [4.78, 5) is 15.0. The zero-order chi connectivity index (χ0) is 17.9. The van der Waals surface area contributed by atoms with Gasteiger partial charge in [-0.15, -0.1) is 0 Å². The Balaban J connectivity index is 1.63. The molecule has 0 unspecified atom stereocenters. The minimum absolute atomic E-state index is 0.00101. The number of para-hydroxylation sites is 1. The fraction of sp³-hybridized carbons (Fsp3) is 0.174. The van der Waals surface area contributed by atoms with E-state index >= 15 is 0 Å². The minimum Gasteiger partial charge on any atom is -0.480 e. The summed E-state index contributed by atoms with van der Waals surface area (Å²) < 4.78 is 5.92. The van der Waals surface area contributed by atoms with Crippen molar-refractivity contribution in [2.24, 2.45) is 0 Å². The second-order valence-corrected chi connectivity index (χ2v) is 6.59. The number of rotatable bonds is 4. The molecule has 0 saturated carbocycles. The maximum absolute atomic E-state index is 13.2. The lowest BCUT2D eigenvalue weighted by atomic mass is 9.96. The molecule has 130 valence electrons. The highest BCUT2D eigenvalue weighted by Gasteiger charge is 2.34. The number of carbonyl (C=O) groups excluding carboxylic acids is 1. The third-order valence-electron chi connectivity index (χ3n) is 4.89. The fourth-order valence-corrected chi connectivity index (χ4v) is 3.58. The summed E-state index contributed by atoms with van der Waals surface area (Å²) in [6, 6.07) is 28.0. The van der Waals surface area contributed by atoms with Gasteiger partial charge in [0.05, 0.1) is 6.04 Å². The molecule has 1 amide bonds. The van der Waals surface area contributed by atoms with Crippen LogP contribution in [0.5, 0.6) is 5.75 Å². The molecular formula is C23H21NO2. The molecule has 3 nitrogen and oxygen atoms in total. The average molecular weight is 343 g/mol. The van der Waals surface area contributed by atoms with Crippen molar-refractivity contribution in [1.82, 2.24) is 4.90 Å². The van der Waals surface area contributed by atoms with Crippen molar-refractivity contribution >= 4 is 5.91 Å². The first-order chi connectivity index (χ1) is 12.7. The standard InChI is InChI=1S/C23H21NO2/c1-24(23(25)21-16-19-14-8-9-15-20(19)26-21)22(17-10-4-2-5-11-17)18-12-6-3-7-13-18/h2-15,21-22H,16H2,1H3/t21-/m0/s1. The Morgan fingerprint density at radius 2 is 1.42 bits per heavy atom. The number of hydrogen-bond donors (Lipinski definition) is 0. The van der Waals surface area contributed by atoms with Crippen molar-refractivity contribution in [3.63, 3.8) is 0 Å². The van der Waals surface area contributed by atoms with Crippen molar-refractivity contribution in [1.29, 1.82) is 0 Å². The van der Waals surface area contributed by atoms with Crippen molar-refractivity contribution in [2.75, 3.05) is 7.05 Å². The topological polar surface area (TPSA) is 29.5 Å². The molecule has 26 heavy (non-hydrogen) atoms. The molecule has 0 aromatic heterocycles. The molecular weight excluding hydrogens is 322 g/mol. The first-order valence-corrected chi connectivity index (χ1v) is 8.85. The van der Waals surface area contributed by atoms with Gasteiger partial charge in [0.15, 0.2) is 6.10 Å². The van der Waals surface area contributed by atoms with E-state index in [2.05, 4.69) is 24.3 Å². The molecule has 3 aromatic rings. The number of fused-ring (bicyclic) bond motifs is 1. The van der Waals surface area contributed by atoms with Crippen LogP contribution in [0.1, 0.15) is 22.7 Å². The van der Waals surface area contributed by atoms with E-state index in [4.69, 9.17) is 4.74 Å². The highest BCUT2D eigenvalue weighted by molar-refractivity contribution is 5.83. The van der Waals surface area contributed by atoms with Crippen LogP contribution in [-0.2, 0) is 11.2 Å². The Labute approximate surface area is 153 Å². The largest absolute Gasteiger partial charge is 0.480 e. The van der Waals surface area contributed by atoms with Gasteiger partial charge in [-0.05, 0) is 22.8 Å². The zero-order valence-electron chi connectivity index (χ0n) is 14.7. The van der Waals surface area contributed by atoms with E-state index in [0.717, 1.165) is 22.4 Å². The number of hydrogen-bond acceptors (Lipinski definition) is 2. The second kappa shape index (κ2) is 7.04. The number of amides is 1. The highest BCUT2D eigenvalue weighted by Crippen LogP contribution is 2.32. The Bertz CT molecular complexity index is 828. The van der Waals surface area contributed by atoms with Crippen molar-refractivity contribution < 1.29 is 9.53 Å². The molecule has 4 rings (SSSR count). The average Bonchev–Trinajstić information content (AvgIpc) is 3.13. The Morgan fingerprint density at radius 3 is 2.00 bits per heavy atom. The number of benzene rings is 3.